The van der Waals surface area contributed by atoms with Gasteiger partial charge in [-0.3, -0.25) is 4.57 Å². The second-order valence-electron chi connectivity index (χ2n) is 15.5. The predicted octanol–water partition coefficient (Wildman–Crippen LogP) is 15.5. The van der Waals surface area contributed by atoms with E-state index in [4.69, 9.17) is 15.0 Å². The van der Waals surface area contributed by atoms with E-state index >= 15 is 0 Å². The van der Waals surface area contributed by atoms with Crippen LogP contribution < -0.4 is 0 Å². The molecule has 0 bridgehead atoms. The largest absolute Gasteiger partial charge is 0.276 e. The molecule has 0 aliphatic carbocycles. The van der Waals surface area contributed by atoms with Gasteiger partial charge in [0, 0.05) is 57.5 Å². The van der Waals surface area contributed by atoms with Crippen LogP contribution in [0.5, 0.6) is 0 Å². The normalized spacial score (nSPS) is 11.9. The summed E-state index contributed by atoms with van der Waals surface area (Å²) < 4.78 is 7.32. The first-order valence-corrected chi connectivity index (χ1v) is 22.1. The molecule has 0 amide bonds. The lowest BCUT2D eigenvalue weighted by Crippen LogP contribution is -2.06. The Morgan fingerprint density at radius 1 is 0.344 bits per heavy atom. The number of aromatic nitrogens is 4. The van der Waals surface area contributed by atoms with Crippen LogP contribution in [0.25, 0.3) is 124 Å². The first-order valence-electron chi connectivity index (χ1n) is 20.4. The number of benzene rings is 9. The van der Waals surface area contributed by atoms with Gasteiger partial charge in [0.2, 0.25) is 5.95 Å². The molecule has 6 heteroatoms. The Hall–Kier alpha value is -7.51. The molecule has 13 rings (SSSR count). The number of fused-ring (bicyclic) bond motifs is 13. The molecular weight excluding hydrogens is 781 g/mol. The molecule has 0 aliphatic heterocycles. The highest BCUT2D eigenvalue weighted by Crippen LogP contribution is 2.48. The number of nitrogens with zero attached hydrogens (tertiary/aromatic N) is 4. The zero-order valence-electron chi connectivity index (χ0n) is 32.6. The molecule has 0 spiro atoms. The molecule has 284 valence electrons. The Morgan fingerprint density at radius 3 is 1.77 bits per heavy atom. The van der Waals surface area contributed by atoms with Crippen molar-refractivity contribution in [2.24, 2.45) is 0 Å². The van der Waals surface area contributed by atoms with Gasteiger partial charge in [0.1, 0.15) is 0 Å². The smallest absolute Gasteiger partial charge is 0.238 e. The van der Waals surface area contributed by atoms with Crippen LogP contribution in [0.2, 0.25) is 0 Å². The SMILES string of the molecule is c1ccc(-c2ccc3sc4cccc(-c5cccc(-c6nc(-c7ccccc7)nc(-n7c8ccccc8c8c9ccccc9c9c%10ccccc%10sc9c87)n6)c5)c4c3c2)cc1. The molecule has 0 saturated heterocycles. The Kier molecular flexibility index (Phi) is 7.61. The van der Waals surface area contributed by atoms with Crippen molar-refractivity contribution in [2.75, 3.05) is 0 Å². The number of rotatable bonds is 5. The number of thiophene rings is 2. The molecule has 0 aliphatic rings. The first kappa shape index (κ1) is 34.4. The number of hydrogen-bond donors (Lipinski definition) is 0. The topological polar surface area (TPSA) is 43.6 Å². The van der Waals surface area contributed by atoms with E-state index in [0.29, 0.717) is 17.6 Å². The van der Waals surface area contributed by atoms with E-state index in [0.717, 1.165) is 27.7 Å². The maximum absolute atomic E-state index is 5.44. The maximum Gasteiger partial charge on any atom is 0.238 e. The minimum atomic E-state index is 0.592. The summed E-state index contributed by atoms with van der Waals surface area (Å²) in [5.41, 5.74) is 8.78. The summed E-state index contributed by atoms with van der Waals surface area (Å²) in [7, 11) is 0. The van der Waals surface area contributed by atoms with E-state index in [1.54, 1.807) is 0 Å². The summed E-state index contributed by atoms with van der Waals surface area (Å²) in [5.74, 6) is 1.84. The lowest BCUT2D eigenvalue weighted by molar-refractivity contribution is 0.955. The molecule has 0 radical (unpaired) electrons. The van der Waals surface area contributed by atoms with Crippen LogP contribution in [-0.4, -0.2) is 19.5 Å². The molecule has 4 heterocycles. The highest BCUT2D eigenvalue weighted by molar-refractivity contribution is 7.27. The monoisotopic (exact) mass is 812 g/mol. The third-order valence-corrected chi connectivity index (χ3v) is 14.4. The summed E-state index contributed by atoms with van der Waals surface area (Å²) in [4.78, 5) is 16.0. The van der Waals surface area contributed by atoms with Gasteiger partial charge in [0.15, 0.2) is 11.6 Å². The quantitative estimate of drug-likeness (QED) is 0.174. The molecule has 4 nitrogen and oxygen atoms in total. The van der Waals surface area contributed by atoms with E-state index < -0.39 is 0 Å². The number of hydrogen-bond acceptors (Lipinski definition) is 5. The Bertz CT molecular complexity index is 3880. The van der Waals surface area contributed by atoms with Gasteiger partial charge in [-0.25, -0.2) is 4.98 Å². The molecule has 4 aromatic heterocycles. The highest BCUT2D eigenvalue weighted by atomic mass is 32.1. The fraction of sp³-hybridized carbons (Fsp3) is 0. The van der Waals surface area contributed by atoms with Crippen LogP contribution >= 0.6 is 22.7 Å². The first-order chi connectivity index (χ1) is 30.2. The zero-order valence-corrected chi connectivity index (χ0v) is 34.2. The summed E-state index contributed by atoms with van der Waals surface area (Å²) in [6, 6.07) is 69.4. The molecule has 13 aromatic rings. The van der Waals surface area contributed by atoms with E-state index in [-0.39, 0.29) is 0 Å². The fourth-order valence-corrected chi connectivity index (χ4v) is 11.7. The van der Waals surface area contributed by atoms with Crippen molar-refractivity contribution in [1.29, 1.82) is 0 Å². The molecule has 61 heavy (non-hydrogen) atoms. The number of para-hydroxylation sites is 1. The average Bonchev–Trinajstić information content (AvgIpc) is 4.02. The summed E-state index contributed by atoms with van der Waals surface area (Å²) in [6.45, 7) is 0. The van der Waals surface area contributed by atoms with Gasteiger partial charge >= 0.3 is 0 Å². The van der Waals surface area contributed by atoms with Gasteiger partial charge in [0.05, 0.1) is 15.7 Å². The van der Waals surface area contributed by atoms with Crippen molar-refractivity contribution >= 4 is 95.6 Å². The van der Waals surface area contributed by atoms with Crippen molar-refractivity contribution in [3.63, 3.8) is 0 Å². The summed E-state index contributed by atoms with van der Waals surface area (Å²) in [6.07, 6.45) is 0. The van der Waals surface area contributed by atoms with E-state index in [9.17, 15) is 0 Å². The summed E-state index contributed by atoms with van der Waals surface area (Å²) in [5, 5.41) is 9.93. The van der Waals surface area contributed by atoms with Gasteiger partial charge in [-0.1, -0.05) is 158 Å². The van der Waals surface area contributed by atoms with Crippen molar-refractivity contribution in [3.8, 4) is 51.0 Å². The molecule has 0 unspecified atom stereocenters. The van der Waals surface area contributed by atoms with Gasteiger partial charge < -0.3 is 0 Å². The summed E-state index contributed by atoms with van der Waals surface area (Å²) >= 11 is 3.69. The van der Waals surface area contributed by atoms with E-state index in [2.05, 4.69) is 180 Å². The Balaban J connectivity index is 1.07. The van der Waals surface area contributed by atoms with Crippen LogP contribution in [0.1, 0.15) is 0 Å². The van der Waals surface area contributed by atoms with Crippen molar-refractivity contribution in [3.05, 3.63) is 194 Å². The predicted molar refractivity (Wildman–Crippen MR) is 259 cm³/mol. The minimum absolute atomic E-state index is 0.592. The van der Waals surface area contributed by atoms with Gasteiger partial charge in [-0.15, -0.1) is 22.7 Å². The van der Waals surface area contributed by atoms with Crippen molar-refractivity contribution < 1.29 is 0 Å². The molecule has 0 N–H and O–H groups in total. The molecule has 0 atom stereocenters. The third-order valence-electron chi connectivity index (χ3n) is 12.0. The van der Waals surface area contributed by atoms with Crippen molar-refractivity contribution in [2.45, 2.75) is 0 Å². The van der Waals surface area contributed by atoms with Crippen LogP contribution in [0.15, 0.2) is 194 Å². The second kappa shape index (κ2) is 13.5. The van der Waals surface area contributed by atoms with E-state index in [1.165, 1.54) is 78.6 Å². The molecular formula is C55H32N4S2. The van der Waals surface area contributed by atoms with Gasteiger partial charge in [0.25, 0.3) is 0 Å². The fourth-order valence-electron chi connectivity index (χ4n) is 9.35. The lowest BCUT2D eigenvalue weighted by Gasteiger charge is -2.13. The minimum Gasteiger partial charge on any atom is -0.276 e. The Labute approximate surface area is 358 Å². The van der Waals surface area contributed by atoms with Gasteiger partial charge in [-0.05, 0) is 69.4 Å². The average molecular weight is 813 g/mol. The second-order valence-corrected chi connectivity index (χ2v) is 17.6. The molecule has 0 saturated carbocycles. The van der Waals surface area contributed by atoms with Crippen LogP contribution in [0.3, 0.4) is 0 Å². The van der Waals surface area contributed by atoms with E-state index in [1.807, 2.05) is 40.9 Å². The van der Waals surface area contributed by atoms with Crippen LogP contribution in [0, 0.1) is 0 Å². The molecule has 9 aromatic carbocycles. The zero-order chi connectivity index (χ0) is 40.0. The molecule has 0 fully saturated rings. The van der Waals surface area contributed by atoms with Crippen LogP contribution in [0.4, 0.5) is 0 Å². The third kappa shape index (κ3) is 5.33. The Morgan fingerprint density at radius 2 is 0.951 bits per heavy atom. The van der Waals surface area contributed by atoms with Crippen molar-refractivity contribution in [1.82, 2.24) is 19.5 Å². The van der Waals surface area contributed by atoms with Crippen LogP contribution in [-0.2, 0) is 0 Å². The lowest BCUT2D eigenvalue weighted by atomic mass is 9.96. The maximum atomic E-state index is 5.44. The standard InChI is InChI=1S/C55H32N4S2/c1-3-15-33(16-4-1)35-29-30-46-43(32-35)48-38(25-14-28-47(48)60-46)36-19-13-20-37(31-36)54-56-53(34-17-5-2-6-18-34)57-55(58-54)59-44-26-11-9-23-41(44)49-39-21-7-8-22-40(39)50-42-24-10-12-27-45(42)61-52(50)51(49)59/h1-32H. The highest BCUT2D eigenvalue weighted by Gasteiger charge is 2.24. The van der Waals surface area contributed by atoms with Gasteiger partial charge in [-0.2, -0.15) is 9.97 Å².